The van der Waals surface area contributed by atoms with Crippen molar-refractivity contribution in [3.63, 3.8) is 0 Å². The van der Waals surface area contributed by atoms with E-state index >= 15 is 0 Å². The summed E-state index contributed by atoms with van der Waals surface area (Å²) in [5.41, 5.74) is 6.42. The lowest BCUT2D eigenvalue weighted by Gasteiger charge is -2.07. The highest BCUT2D eigenvalue weighted by atomic mass is 19.1. The first-order valence-electron chi connectivity index (χ1n) is 6.47. The molecule has 0 radical (unpaired) electrons. The van der Waals surface area contributed by atoms with Crippen molar-refractivity contribution in [2.45, 2.75) is 6.61 Å². The van der Waals surface area contributed by atoms with Crippen molar-refractivity contribution >= 4 is 12.0 Å². The molecule has 0 atom stereocenters. The third-order valence-electron chi connectivity index (χ3n) is 2.87. The van der Waals surface area contributed by atoms with E-state index in [9.17, 15) is 9.18 Å². The summed E-state index contributed by atoms with van der Waals surface area (Å²) in [6, 6.07) is 14.6. The Morgan fingerprint density at radius 1 is 1.27 bits per heavy atom. The molecule has 0 bridgehead atoms. The Kier molecular flexibility index (Phi) is 4.89. The van der Waals surface area contributed by atoms with Gasteiger partial charge in [0.2, 0.25) is 0 Å². The van der Waals surface area contributed by atoms with Gasteiger partial charge in [0.05, 0.1) is 0 Å². The third-order valence-corrected chi connectivity index (χ3v) is 2.87. The van der Waals surface area contributed by atoms with Crippen LogP contribution < -0.4 is 10.5 Å². The highest BCUT2D eigenvalue weighted by Gasteiger charge is 2.04. The number of ether oxygens (including phenoxy) is 1. The van der Waals surface area contributed by atoms with Crippen LogP contribution in [-0.2, 0) is 11.4 Å². The number of nitrogens with zero attached hydrogens (tertiary/aromatic N) is 1. The summed E-state index contributed by atoms with van der Waals surface area (Å²) < 4.78 is 18.4. The SMILES string of the molecule is N#C/C(=C\c1cccc(OCc2ccc(F)cc2)c1)C(N)=O. The van der Waals surface area contributed by atoms with Crippen LogP contribution in [0.1, 0.15) is 11.1 Å². The van der Waals surface area contributed by atoms with E-state index in [1.54, 1.807) is 42.5 Å². The van der Waals surface area contributed by atoms with E-state index in [0.717, 1.165) is 5.56 Å². The first-order valence-corrected chi connectivity index (χ1v) is 6.47. The lowest BCUT2D eigenvalue weighted by molar-refractivity contribution is -0.114. The fraction of sp³-hybridized carbons (Fsp3) is 0.0588. The lowest BCUT2D eigenvalue weighted by Crippen LogP contribution is -2.12. The highest BCUT2D eigenvalue weighted by Crippen LogP contribution is 2.17. The largest absolute Gasteiger partial charge is 0.489 e. The van der Waals surface area contributed by atoms with Crippen LogP contribution in [0.3, 0.4) is 0 Å². The van der Waals surface area contributed by atoms with Crippen molar-refractivity contribution in [1.29, 1.82) is 5.26 Å². The number of halogens is 1. The Balaban J connectivity index is 2.10. The summed E-state index contributed by atoms with van der Waals surface area (Å²) in [6.45, 7) is 0.286. The average molecular weight is 296 g/mol. The minimum Gasteiger partial charge on any atom is -0.489 e. The van der Waals surface area contributed by atoms with E-state index in [0.29, 0.717) is 11.3 Å². The molecule has 2 aromatic rings. The lowest BCUT2D eigenvalue weighted by atomic mass is 10.1. The maximum Gasteiger partial charge on any atom is 0.259 e. The number of primary amides is 1. The van der Waals surface area contributed by atoms with E-state index in [4.69, 9.17) is 15.7 Å². The molecule has 0 aromatic heterocycles. The Bertz CT molecular complexity index is 746. The molecule has 0 saturated carbocycles. The van der Waals surface area contributed by atoms with Gasteiger partial charge in [0.15, 0.2) is 0 Å². The van der Waals surface area contributed by atoms with Crippen LogP contribution in [0.5, 0.6) is 5.75 Å². The van der Waals surface area contributed by atoms with Crippen LogP contribution in [0, 0.1) is 17.1 Å². The summed E-state index contributed by atoms with van der Waals surface area (Å²) in [7, 11) is 0. The van der Waals surface area contributed by atoms with E-state index < -0.39 is 5.91 Å². The third kappa shape index (κ3) is 4.18. The molecule has 22 heavy (non-hydrogen) atoms. The smallest absolute Gasteiger partial charge is 0.259 e. The Morgan fingerprint density at radius 3 is 2.64 bits per heavy atom. The van der Waals surface area contributed by atoms with Gasteiger partial charge in [-0.05, 0) is 41.5 Å². The molecule has 0 heterocycles. The van der Waals surface area contributed by atoms with E-state index in [2.05, 4.69) is 0 Å². The van der Waals surface area contributed by atoms with Crippen molar-refractivity contribution in [3.05, 3.63) is 71.0 Å². The minimum absolute atomic E-state index is 0.129. The molecule has 5 heteroatoms. The van der Waals surface area contributed by atoms with Crippen LogP contribution in [0.15, 0.2) is 54.1 Å². The van der Waals surface area contributed by atoms with Crippen molar-refractivity contribution in [3.8, 4) is 11.8 Å². The van der Waals surface area contributed by atoms with Crippen molar-refractivity contribution in [1.82, 2.24) is 0 Å². The molecule has 0 aliphatic carbocycles. The number of nitriles is 1. The standard InChI is InChI=1S/C17H13FN2O2/c18-15-6-4-12(5-7-15)11-22-16-3-1-2-13(9-16)8-14(10-19)17(20)21/h1-9H,11H2,(H2,20,21)/b14-8+. The molecule has 2 aromatic carbocycles. The molecular formula is C17H13FN2O2. The van der Waals surface area contributed by atoms with Gasteiger partial charge in [-0.2, -0.15) is 5.26 Å². The summed E-state index contributed by atoms with van der Waals surface area (Å²) in [5, 5.41) is 8.82. The van der Waals surface area contributed by atoms with Crippen LogP contribution in [-0.4, -0.2) is 5.91 Å². The van der Waals surface area contributed by atoms with Gasteiger partial charge in [-0.25, -0.2) is 4.39 Å². The second-order valence-electron chi connectivity index (χ2n) is 4.52. The zero-order valence-electron chi connectivity index (χ0n) is 11.6. The first kappa shape index (κ1) is 15.3. The monoisotopic (exact) mass is 296 g/mol. The topological polar surface area (TPSA) is 76.1 Å². The number of rotatable bonds is 5. The number of carbonyl (C=O) groups excluding carboxylic acids is 1. The quantitative estimate of drug-likeness (QED) is 0.681. The average Bonchev–Trinajstić information content (AvgIpc) is 2.52. The van der Waals surface area contributed by atoms with E-state index in [1.807, 2.05) is 0 Å². The Labute approximate surface area is 127 Å². The second-order valence-corrected chi connectivity index (χ2v) is 4.52. The molecule has 0 aliphatic heterocycles. The molecular weight excluding hydrogens is 283 g/mol. The van der Waals surface area contributed by atoms with Gasteiger partial charge >= 0.3 is 0 Å². The van der Waals surface area contributed by atoms with E-state index in [1.165, 1.54) is 18.2 Å². The van der Waals surface area contributed by atoms with Crippen molar-refractivity contribution in [2.24, 2.45) is 5.73 Å². The predicted octanol–water partition coefficient (Wildman–Crippen LogP) is 2.80. The van der Waals surface area contributed by atoms with Crippen LogP contribution in [0.25, 0.3) is 6.08 Å². The van der Waals surface area contributed by atoms with Gasteiger partial charge in [-0.1, -0.05) is 24.3 Å². The molecule has 2 N–H and O–H groups in total. The van der Waals surface area contributed by atoms with Crippen molar-refractivity contribution in [2.75, 3.05) is 0 Å². The molecule has 110 valence electrons. The van der Waals surface area contributed by atoms with Gasteiger partial charge < -0.3 is 10.5 Å². The fourth-order valence-electron chi connectivity index (χ4n) is 1.77. The van der Waals surface area contributed by atoms with Gasteiger partial charge in [0.1, 0.15) is 29.8 Å². The Hall–Kier alpha value is -3.13. The van der Waals surface area contributed by atoms with Crippen LogP contribution >= 0.6 is 0 Å². The molecule has 4 nitrogen and oxygen atoms in total. The molecule has 0 aliphatic rings. The normalized spacial score (nSPS) is 10.8. The highest BCUT2D eigenvalue weighted by molar-refractivity contribution is 6.00. The first-order chi connectivity index (χ1) is 10.6. The molecule has 0 spiro atoms. The van der Waals surface area contributed by atoms with Gasteiger partial charge in [-0.15, -0.1) is 0 Å². The Morgan fingerprint density at radius 2 is 2.00 bits per heavy atom. The maximum absolute atomic E-state index is 12.8. The zero-order valence-corrected chi connectivity index (χ0v) is 11.6. The maximum atomic E-state index is 12.8. The van der Waals surface area contributed by atoms with Gasteiger partial charge in [0.25, 0.3) is 5.91 Å². The van der Waals surface area contributed by atoms with Crippen LogP contribution in [0.4, 0.5) is 4.39 Å². The number of hydrogen-bond acceptors (Lipinski definition) is 3. The summed E-state index contributed by atoms with van der Waals surface area (Å²) in [4.78, 5) is 11.0. The van der Waals surface area contributed by atoms with Crippen molar-refractivity contribution < 1.29 is 13.9 Å². The summed E-state index contributed by atoms with van der Waals surface area (Å²) >= 11 is 0. The van der Waals surface area contributed by atoms with Gasteiger partial charge in [-0.3, -0.25) is 4.79 Å². The number of benzene rings is 2. The molecule has 1 amide bonds. The summed E-state index contributed by atoms with van der Waals surface area (Å²) in [5.74, 6) is -0.508. The molecule has 0 saturated heterocycles. The number of amides is 1. The summed E-state index contributed by atoms with van der Waals surface area (Å²) in [6.07, 6.45) is 1.40. The number of nitrogens with two attached hydrogens (primary N) is 1. The van der Waals surface area contributed by atoms with Gasteiger partial charge in [0, 0.05) is 0 Å². The molecule has 0 fully saturated rings. The fourth-order valence-corrected chi connectivity index (χ4v) is 1.77. The zero-order chi connectivity index (χ0) is 15.9. The molecule has 0 unspecified atom stereocenters. The van der Waals surface area contributed by atoms with Crippen LogP contribution in [0.2, 0.25) is 0 Å². The number of carbonyl (C=O) groups is 1. The predicted molar refractivity (Wildman–Crippen MR) is 80.0 cm³/mol. The van der Waals surface area contributed by atoms with E-state index in [-0.39, 0.29) is 18.0 Å². The second kappa shape index (κ2) is 7.04. The molecule has 2 rings (SSSR count). The minimum atomic E-state index is -0.778. The number of hydrogen-bond donors (Lipinski definition) is 1.